The molecule has 106 valence electrons. The summed E-state index contributed by atoms with van der Waals surface area (Å²) >= 11 is 1.67. The van der Waals surface area contributed by atoms with Gasteiger partial charge in [0.05, 0.1) is 24.3 Å². The number of methoxy groups -OCH3 is 1. The number of carbonyl (C=O) groups is 1. The molecule has 1 saturated carbocycles. The van der Waals surface area contributed by atoms with Crippen molar-refractivity contribution in [3.8, 4) is 0 Å². The third-order valence-electron chi connectivity index (χ3n) is 3.21. The number of hydrogen-bond donors (Lipinski definition) is 1. The molecule has 1 N–H and O–H groups in total. The first-order valence-corrected chi connectivity index (χ1v) is 7.56. The van der Waals surface area contributed by atoms with Crippen LogP contribution in [0.15, 0.2) is 5.03 Å². The van der Waals surface area contributed by atoms with Crippen LogP contribution in [0, 0.1) is 6.92 Å². The molecule has 0 aromatic carbocycles. The summed E-state index contributed by atoms with van der Waals surface area (Å²) in [5.74, 6) is 0.561. The Morgan fingerprint density at radius 2 is 2.32 bits per heavy atom. The molecule has 5 nitrogen and oxygen atoms in total. The first-order chi connectivity index (χ1) is 9.11. The average molecular weight is 283 g/mol. The van der Waals surface area contributed by atoms with Gasteiger partial charge in [0.15, 0.2) is 0 Å². The summed E-state index contributed by atoms with van der Waals surface area (Å²) in [6.07, 6.45) is 3.00. The molecule has 0 amide bonds. The van der Waals surface area contributed by atoms with Crippen molar-refractivity contribution in [1.29, 1.82) is 0 Å². The van der Waals surface area contributed by atoms with E-state index in [2.05, 4.69) is 15.2 Å². The summed E-state index contributed by atoms with van der Waals surface area (Å²) in [4.78, 5) is 11.1. The molecule has 1 aromatic heterocycles. The van der Waals surface area contributed by atoms with Gasteiger partial charge in [-0.2, -0.15) is 5.10 Å². The van der Waals surface area contributed by atoms with E-state index in [1.54, 1.807) is 11.8 Å². The number of nitrogens with zero attached hydrogens (tertiary/aromatic N) is 2. The summed E-state index contributed by atoms with van der Waals surface area (Å²) < 4.78 is 6.56. The van der Waals surface area contributed by atoms with Gasteiger partial charge in [-0.25, -0.2) is 0 Å². The van der Waals surface area contributed by atoms with Gasteiger partial charge >= 0.3 is 5.97 Å². The van der Waals surface area contributed by atoms with Crippen LogP contribution in [0.25, 0.3) is 0 Å². The van der Waals surface area contributed by atoms with E-state index in [0.717, 1.165) is 23.0 Å². The third kappa shape index (κ3) is 3.98. The van der Waals surface area contributed by atoms with Gasteiger partial charge < -0.3 is 10.1 Å². The van der Waals surface area contributed by atoms with Crippen molar-refractivity contribution in [3.63, 3.8) is 0 Å². The molecule has 1 fully saturated rings. The lowest BCUT2D eigenvalue weighted by molar-refractivity contribution is -0.140. The first-order valence-electron chi connectivity index (χ1n) is 6.57. The number of aryl methyl sites for hydroxylation is 2. The van der Waals surface area contributed by atoms with Crippen molar-refractivity contribution in [1.82, 2.24) is 15.1 Å². The van der Waals surface area contributed by atoms with Crippen molar-refractivity contribution in [3.05, 3.63) is 11.3 Å². The molecule has 19 heavy (non-hydrogen) atoms. The summed E-state index contributed by atoms with van der Waals surface area (Å²) in [5.41, 5.74) is 2.32. The van der Waals surface area contributed by atoms with Gasteiger partial charge in [0.25, 0.3) is 0 Å². The Morgan fingerprint density at radius 1 is 1.58 bits per heavy atom. The summed E-state index contributed by atoms with van der Waals surface area (Å²) in [7, 11) is 3.38. The lowest BCUT2D eigenvalue weighted by Crippen LogP contribution is -2.16. The van der Waals surface area contributed by atoms with E-state index < -0.39 is 0 Å². The molecule has 0 unspecified atom stereocenters. The van der Waals surface area contributed by atoms with Crippen LogP contribution < -0.4 is 5.32 Å². The number of hydrogen-bond acceptors (Lipinski definition) is 5. The monoisotopic (exact) mass is 283 g/mol. The van der Waals surface area contributed by atoms with Gasteiger partial charge in [0.2, 0.25) is 0 Å². The van der Waals surface area contributed by atoms with Crippen LogP contribution in [-0.4, -0.2) is 34.7 Å². The molecule has 0 saturated heterocycles. The summed E-state index contributed by atoms with van der Waals surface area (Å²) in [5, 5.41) is 9.13. The quantitative estimate of drug-likeness (QED) is 0.609. The zero-order chi connectivity index (χ0) is 13.8. The second kappa shape index (κ2) is 6.43. The van der Waals surface area contributed by atoms with Crippen molar-refractivity contribution in [2.45, 2.75) is 43.8 Å². The molecule has 1 aliphatic rings. The van der Waals surface area contributed by atoms with Crippen molar-refractivity contribution in [2.75, 3.05) is 12.9 Å². The van der Waals surface area contributed by atoms with Gasteiger partial charge in [0, 0.05) is 31.0 Å². The number of ether oxygens (including phenoxy) is 1. The molecule has 0 spiro atoms. The molecule has 0 atom stereocenters. The number of thioether (sulfide) groups is 1. The fourth-order valence-electron chi connectivity index (χ4n) is 1.93. The maximum absolute atomic E-state index is 11.1. The Morgan fingerprint density at radius 3 is 2.95 bits per heavy atom. The van der Waals surface area contributed by atoms with Crippen LogP contribution in [0.2, 0.25) is 0 Å². The minimum absolute atomic E-state index is 0.163. The number of esters is 1. The SMILES string of the molecule is COC(=O)CCSc1c(CNC2CC2)c(C)nn1C. The highest BCUT2D eigenvalue weighted by Crippen LogP contribution is 2.27. The van der Waals surface area contributed by atoms with E-state index in [1.165, 1.54) is 25.5 Å². The van der Waals surface area contributed by atoms with Gasteiger partial charge in [-0.15, -0.1) is 11.8 Å². The molecule has 0 radical (unpaired) electrons. The minimum atomic E-state index is -0.163. The molecule has 0 aliphatic heterocycles. The number of rotatable bonds is 7. The smallest absolute Gasteiger partial charge is 0.306 e. The Labute approximate surface area is 118 Å². The average Bonchev–Trinajstić information content (AvgIpc) is 3.16. The third-order valence-corrected chi connectivity index (χ3v) is 4.40. The Balaban J connectivity index is 1.94. The van der Waals surface area contributed by atoms with E-state index in [9.17, 15) is 4.79 Å². The van der Waals surface area contributed by atoms with Crippen molar-refractivity contribution in [2.24, 2.45) is 7.05 Å². The zero-order valence-corrected chi connectivity index (χ0v) is 12.5. The van der Waals surface area contributed by atoms with Gasteiger partial charge in [0.1, 0.15) is 0 Å². The predicted octanol–water partition coefficient (Wildman–Crippen LogP) is 1.64. The van der Waals surface area contributed by atoms with Gasteiger partial charge in [-0.1, -0.05) is 0 Å². The fourth-order valence-corrected chi connectivity index (χ4v) is 3.02. The van der Waals surface area contributed by atoms with Gasteiger partial charge in [-0.3, -0.25) is 9.48 Å². The minimum Gasteiger partial charge on any atom is -0.469 e. The molecule has 0 bridgehead atoms. The first kappa shape index (κ1) is 14.4. The van der Waals surface area contributed by atoms with Crippen LogP contribution in [0.5, 0.6) is 0 Å². The van der Waals surface area contributed by atoms with Crippen LogP contribution in [0.1, 0.15) is 30.5 Å². The molecule has 1 aliphatic carbocycles. The highest BCUT2D eigenvalue weighted by Gasteiger charge is 2.22. The van der Waals surface area contributed by atoms with Crippen LogP contribution >= 0.6 is 11.8 Å². The lowest BCUT2D eigenvalue weighted by atomic mass is 10.2. The van der Waals surface area contributed by atoms with Crippen molar-refractivity contribution < 1.29 is 9.53 Å². The summed E-state index contributed by atoms with van der Waals surface area (Å²) in [6, 6.07) is 0.688. The fraction of sp³-hybridized carbons (Fsp3) is 0.692. The second-order valence-corrected chi connectivity index (χ2v) is 5.91. The maximum atomic E-state index is 11.1. The largest absolute Gasteiger partial charge is 0.469 e. The Kier molecular flexibility index (Phi) is 4.87. The second-order valence-electron chi connectivity index (χ2n) is 4.82. The van der Waals surface area contributed by atoms with E-state index in [0.29, 0.717) is 12.5 Å². The van der Waals surface area contributed by atoms with E-state index >= 15 is 0 Å². The summed E-state index contributed by atoms with van der Waals surface area (Å²) in [6.45, 7) is 2.90. The molecule has 6 heteroatoms. The normalized spacial score (nSPS) is 14.7. The number of aromatic nitrogens is 2. The predicted molar refractivity (Wildman–Crippen MR) is 75.2 cm³/mol. The Bertz CT molecular complexity index is 455. The van der Waals surface area contributed by atoms with Gasteiger partial charge in [-0.05, 0) is 19.8 Å². The van der Waals surface area contributed by atoms with Crippen LogP contribution in [0.4, 0.5) is 0 Å². The van der Waals surface area contributed by atoms with E-state index in [-0.39, 0.29) is 5.97 Å². The molecular weight excluding hydrogens is 262 g/mol. The molecule has 1 heterocycles. The highest BCUT2D eigenvalue weighted by molar-refractivity contribution is 7.99. The zero-order valence-electron chi connectivity index (χ0n) is 11.7. The standard InChI is InChI=1S/C13H21N3O2S/c1-9-11(8-14-10-4-5-10)13(16(2)15-9)19-7-6-12(17)18-3/h10,14H,4-8H2,1-3H3. The van der Waals surface area contributed by atoms with Crippen LogP contribution in [-0.2, 0) is 23.1 Å². The topological polar surface area (TPSA) is 56.1 Å². The van der Waals surface area contributed by atoms with Crippen molar-refractivity contribution >= 4 is 17.7 Å². The molecule has 1 aromatic rings. The van der Waals surface area contributed by atoms with E-state index in [1.807, 2.05) is 18.7 Å². The van der Waals surface area contributed by atoms with Crippen LogP contribution in [0.3, 0.4) is 0 Å². The number of nitrogens with one attached hydrogen (secondary N) is 1. The van der Waals surface area contributed by atoms with E-state index in [4.69, 9.17) is 0 Å². The lowest BCUT2D eigenvalue weighted by Gasteiger charge is -2.07. The highest BCUT2D eigenvalue weighted by atomic mass is 32.2. The Hall–Kier alpha value is -1.01. The maximum Gasteiger partial charge on any atom is 0.306 e. The molecule has 2 rings (SSSR count). The number of carbonyl (C=O) groups excluding carboxylic acids is 1. The molecular formula is C13H21N3O2S.